The normalized spacial score (nSPS) is 9.68. The molecule has 7 heteroatoms. The van der Waals surface area contributed by atoms with Gasteiger partial charge in [0, 0.05) is 13.8 Å². The number of hydrogen-bond acceptors (Lipinski definition) is 7. The van der Waals surface area contributed by atoms with E-state index >= 15 is 0 Å². The van der Waals surface area contributed by atoms with Gasteiger partial charge in [0.2, 0.25) is 6.08 Å². The van der Waals surface area contributed by atoms with Gasteiger partial charge in [-0.15, -0.1) is 0 Å². The van der Waals surface area contributed by atoms with E-state index in [1.807, 2.05) is 20.8 Å². The molecule has 0 saturated carbocycles. The van der Waals surface area contributed by atoms with Crippen molar-refractivity contribution in [2.24, 2.45) is 4.99 Å². The Morgan fingerprint density at radius 2 is 1.82 bits per heavy atom. The van der Waals surface area contributed by atoms with Gasteiger partial charge in [-0.1, -0.05) is 6.07 Å². The van der Waals surface area contributed by atoms with Crippen molar-refractivity contribution < 1.29 is 23.3 Å². The predicted octanol–water partition coefficient (Wildman–Crippen LogP) is 3.57. The molecule has 0 bridgehead atoms. The average molecular weight is 325 g/mol. The van der Waals surface area contributed by atoms with Crippen LogP contribution in [0.2, 0.25) is 0 Å². The lowest BCUT2D eigenvalue weighted by Gasteiger charge is -2.17. The van der Waals surface area contributed by atoms with E-state index in [9.17, 15) is 14.4 Å². The number of aliphatic imine (C=N–C) groups is 1. The summed E-state index contributed by atoms with van der Waals surface area (Å²) in [5.41, 5.74) is 0.156. The Kier molecular flexibility index (Phi) is 8.82. The van der Waals surface area contributed by atoms with Crippen LogP contribution in [0.15, 0.2) is 34.2 Å². The zero-order valence-electron chi connectivity index (χ0n) is 13.2. The summed E-state index contributed by atoms with van der Waals surface area (Å²) in [6.07, 6.45) is 1.43. The molecule has 0 radical (unpaired) electrons. The first kappa shape index (κ1) is 19.9. The molecule has 120 valence electrons. The van der Waals surface area contributed by atoms with Crippen molar-refractivity contribution in [2.75, 3.05) is 0 Å². The van der Waals surface area contributed by atoms with Crippen LogP contribution in [0.3, 0.4) is 0 Å². The maximum atomic E-state index is 10.5. The number of isocyanates is 1. The minimum absolute atomic E-state index is 0.225. The molecule has 0 spiro atoms. The second-order valence-corrected chi connectivity index (χ2v) is 5.87. The van der Waals surface area contributed by atoms with Gasteiger partial charge in [0.05, 0.1) is 22.6 Å². The van der Waals surface area contributed by atoms with Gasteiger partial charge in [-0.05, 0) is 39.0 Å². The zero-order valence-corrected chi connectivity index (χ0v) is 14.0. The van der Waals surface area contributed by atoms with E-state index in [0.717, 1.165) is 12.0 Å². The second-order valence-electron chi connectivity index (χ2n) is 5.06. The molecule has 0 atom stereocenters. The van der Waals surface area contributed by atoms with Crippen molar-refractivity contribution >= 4 is 35.7 Å². The van der Waals surface area contributed by atoms with Crippen LogP contribution in [0.4, 0.5) is 5.69 Å². The standard InChI is InChI=1S/C9H7NO3S.C6H12O2/c1-7(12)13-14-9-4-2-3-8(5-9)10-6-11;1-5(7)8-6(2,3)4/h2-5H,1H3;1-4H3. The third-order valence-corrected chi connectivity index (χ3v) is 2.46. The van der Waals surface area contributed by atoms with Crippen molar-refractivity contribution in [2.45, 2.75) is 45.1 Å². The van der Waals surface area contributed by atoms with Crippen LogP contribution < -0.4 is 0 Å². The zero-order chi connectivity index (χ0) is 17.2. The van der Waals surface area contributed by atoms with Crippen LogP contribution in [0.1, 0.15) is 34.6 Å². The van der Waals surface area contributed by atoms with Crippen LogP contribution in [0.25, 0.3) is 0 Å². The summed E-state index contributed by atoms with van der Waals surface area (Å²) in [6.45, 7) is 8.25. The van der Waals surface area contributed by atoms with Crippen LogP contribution >= 0.6 is 12.0 Å². The van der Waals surface area contributed by atoms with Gasteiger partial charge >= 0.3 is 11.9 Å². The maximum absolute atomic E-state index is 10.5. The van der Waals surface area contributed by atoms with Crippen LogP contribution in [-0.2, 0) is 23.3 Å². The quantitative estimate of drug-likeness (QED) is 0.366. The summed E-state index contributed by atoms with van der Waals surface area (Å²) in [4.78, 5) is 34.8. The Morgan fingerprint density at radius 1 is 1.18 bits per heavy atom. The summed E-state index contributed by atoms with van der Waals surface area (Å²) < 4.78 is 9.50. The first-order valence-electron chi connectivity index (χ1n) is 6.36. The Morgan fingerprint density at radius 3 is 2.23 bits per heavy atom. The van der Waals surface area contributed by atoms with Gasteiger partial charge in [0.15, 0.2) is 0 Å². The van der Waals surface area contributed by atoms with Gasteiger partial charge < -0.3 is 8.92 Å². The summed E-state index contributed by atoms with van der Waals surface area (Å²) in [7, 11) is 0. The fourth-order valence-electron chi connectivity index (χ4n) is 1.20. The van der Waals surface area contributed by atoms with E-state index in [2.05, 4.69) is 4.99 Å². The highest BCUT2D eigenvalue weighted by Gasteiger charge is 2.11. The van der Waals surface area contributed by atoms with Crippen molar-refractivity contribution in [3.8, 4) is 0 Å². The van der Waals surface area contributed by atoms with Crippen molar-refractivity contribution in [1.82, 2.24) is 0 Å². The lowest BCUT2D eigenvalue weighted by atomic mass is 10.2. The summed E-state index contributed by atoms with van der Waals surface area (Å²) >= 11 is 0.929. The first-order valence-corrected chi connectivity index (χ1v) is 7.11. The minimum Gasteiger partial charge on any atom is -0.460 e. The summed E-state index contributed by atoms with van der Waals surface area (Å²) in [5, 5.41) is 0. The van der Waals surface area contributed by atoms with E-state index in [1.54, 1.807) is 24.3 Å². The molecule has 0 aliphatic heterocycles. The number of ether oxygens (including phenoxy) is 1. The van der Waals surface area contributed by atoms with Crippen molar-refractivity contribution in [3.63, 3.8) is 0 Å². The number of rotatable bonds is 3. The average Bonchev–Trinajstić information content (AvgIpc) is 2.35. The largest absolute Gasteiger partial charge is 0.460 e. The molecule has 0 unspecified atom stereocenters. The molecular formula is C15H19NO5S. The molecule has 1 aromatic carbocycles. The third kappa shape index (κ3) is 11.7. The fourth-order valence-corrected chi connectivity index (χ4v) is 1.71. The predicted molar refractivity (Wildman–Crippen MR) is 83.4 cm³/mol. The highest BCUT2D eigenvalue weighted by atomic mass is 32.2. The van der Waals surface area contributed by atoms with Gasteiger partial charge in [-0.3, -0.25) is 9.59 Å². The van der Waals surface area contributed by atoms with E-state index < -0.39 is 0 Å². The lowest BCUT2D eigenvalue weighted by molar-refractivity contribution is -0.151. The van der Waals surface area contributed by atoms with Crippen molar-refractivity contribution in [1.29, 1.82) is 0 Å². The molecule has 0 N–H and O–H groups in total. The second kappa shape index (κ2) is 9.76. The Hall–Kier alpha value is -2.11. The van der Waals surface area contributed by atoms with E-state index in [0.29, 0.717) is 10.6 Å². The molecule has 6 nitrogen and oxygen atoms in total. The number of benzene rings is 1. The van der Waals surface area contributed by atoms with E-state index in [4.69, 9.17) is 8.92 Å². The molecule has 22 heavy (non-hydrogen) atoms. The molecule has 0 aromatic heterocycles. The Bertz CT molecular complexity index is 559. The Balaban J connectivity index is 0.000000472. The van der Waals surface area contributed by atoms with Gasteiger partial charge in [0.25, 0.3) is 0 Å². The van der Waals surface area contributed by atoms with E-state index in [-0.39, 0.29) is 17.5 Å². The number of hydrogen-bond donors (Lipinski definition) is 0. The number of nitrogens with zero attached hydrogens (tertiary/aromatic N) is 1. The molecule has 0 heterocycles. The monoisotopic (exact) mass is 325 g/mol. The molecule has 0 saturated heterocycles. The molecule has 0 aliphatic rings. The third-order valence-electron chi connectivity index (χ3n) is 1.70. The van der Waals surface area contributed by atoms with Gasteiger partial charge in [0.1, 0.15) is 5.60 Å². The SMILES string of the molecule is CC(=O)OC(C)(C)C.CC(=O)OSc1cccc(N=C=O)c1. The minimum atomic E-state index is -0.376. The molecule has 0 amide bonds. The topological polar surface area (TPSA) is 82.0 Å². The number of carbonyl (C=O) groups is 2. The molecule has 0 fully saturated rings. The van der Waals surface area contributed by atoms with E-state index in [1.165, 1.54) is 19.9 Å². The summed E-state index contributed by atoms with van der Waals surface area (Å²) in [6, 6.07) is 6.74. The smallest absolute Gasteiger partial charge is 0.315 e. The maximum Gasteiger partial charge on any atom is 0.315 e. The van der Waals surface area contributed by atoms with Gasteiger partial charge in [-0.2, -0.15) is 4.99 Å². The molecule has 0 aliphatic carbocycles. The van der Waals surface area contributed by atoms with Crippen LogP contribution in [0.5, 0.6) is 0 Å². The molecule has 1 aromatic rings. The number of esters is 1. The van der Waals surface area contributed by atoms with Crippen molar-refractivity contribution in [3.05, 3.63) is 24.3 Å². The summed E-state index contributed by atoms with van der Waals surface area (Å²) in [5.74, 6) is -0.600. The van der Waals surface area contributed by atoms with Crippen LogP contribution in [-0.4, -0.2) is 23.6 Å². The van der Waals surface area contributed by atoms with Crippen LogP contribution in [0, 0.1) is 0 Å². The Labute approximate surface area is 134 Å². The molecular weight excluding hydrogens is 306 g/mol. The highest BCUT2D eigenvalue weighted by Crippen LogP contribution is 2.23. The molecule has 1 rings (SSSR count). The number of carbonyl (C=O) groups excluding carboxylic acids is 3. The highest BCUT2D eigenvalue weighted by molar-refractivity contribution is 7.95. The fraction of sp³-hybridized carbons (Fsp3) is 0.400. The first-order chi connectivity index (χ1) is 10.1. The van der Waals surface area contributed by atoms with Gasteiger partial charge in [-0.25, -0.2) is 4.79 Å². The lowest BCUT2D eigenvalue weighted by Crippen LogP contribution is -2.21.